The minimum Gasteiger partial charge on any atom is -0.365 e. The fourth-order valence-electron chi connectivity index (χ4n) is 4.16. The summed E-state index contributed by atoms with van der Waals surface area (Å²) in [5.41, 5.74) is 7.54. The van der Waals surface area contributed by atoms with E-state index in [2.05, 4.69) is 26.1 Å². The van der Waals surface area contributed by atoms with Crippen LogP contribution in [0.15, 0.2) is 36.7 Å². The van der Waals surface area contributed by atoms with Crippen LogP contribution in [-0.4, -0.2) is 52.0 Å². The Morgan fingerprint density at radius 2 is 2.03 bits per heavy atom. The Morgan fingerprint density at radius 3 is 2.77 bits per heavy atom. The summed E-state index contributed by atoms with van der Waals surface area (Å²) in [6.07, 6.45) is 7.93. The summed E-state index contributed by atoms with van der Waals surface area (Å²) >= 11 is 1.31. The van der Waals surface area contributed by atoms with Gasteiger partial charge in [0.1, 0.15) is 6.33 Å². The first-order chi connectivity index (χ1) is 14.5. The molecule has 1 aromatic carbocycles. The van der Waals surface area contributed by atoms with Gasteiger partial charge in [0.15, 0.2) is 5.82 Å². The highest BCUT2D eigenvalue weighted by Crippen LogP contribution is 2.41. The number of primary amides is 1. The number of hydrogen-bond donors (Lipinski definition) is 2. The zero-order chi connectivity index (χ0) is 20.8. The van der Waals surface area contributed by atoms with Gasteiger partial charge in [0.2, 0.25) is 0 Å². The topological polar surface area (TPSA) is 104 Å². The zero-order valence-corrected chi connectivity index (χ0v) is 16.7. The molecule has 0 saturated carbocycles. The molecule has 0 radical (unpaired) electrons. The Morgan fingerprint density at radius 1 is 1.23 bits per heavy atom. The number of piperazine rings is 1. The van der Waals surface area contributed by atoms with Crippen LogP contribution in [0.5, 0.6) is 0 Å². The summed E-state index contributed by atoms with van der Waals surface area (Å²) in [6, 6.07) is 9.14. The SMILES string of the molecule is C#Cc1cccc(NC(=O)N2C[C@H]3C[C@@H](C2)N3c2ncnc3cc(C(N)=O)sc23)c1. The molecule has 3 amide bonds. The second kappa shape index (κ2) is 7.00. The molecule has 2 atom stereocenters. The molecule has 5 heterocycles. The summed E-state index contributed by atoms with van der Waals surface area (Å²) in [5.74, 6) is 2.91. The summed E-state index contributed by atoms with van der Waals surface area (Å²) in [6.45, 7) is 1.19. The smallest absolute Gasteiger partial charge is 0.321 e. The van der Waals surface area contributed by atoms with Crippen LogP contribution in [-0.2, 0) is 0 Å². The molecule has 6 rings (SSSR count). The van der Waals surface area contributed by atoms with E-state index < -0.39 is 5.91 Å². The van der Waals surface area contributed by atoms with Gasteiger partial charge in [-0.15, -0.1) is 17.8 Å². The number of piperidine rings is 1. The molecule has 2 aromatic heterocycles. The molecular formula is C21H18N6O2S. The third kappa shape index (κ3) is 3.02. The average molecular weight is 418 g/mol. The number of rotatable bonds is 3. The van der Waals surface area contributed by atoms with Crippen LogP contribution in [0, 0.1) is 12.3 Å². The third-order valence-electron chi connectivity index (χ3n) is 5.54. The summed E-state index contributed by atoms with van der Waals surface area (Å²) in [4.78, 5) is 37.5. The molecule has 3 saturated heterocycles. The minimum atomic E-state index is -0.468. The van der Waals surface area contributed by atoms with E-state index in [0.717, 1.165) is 22.5 Å². The predicted molar refractivity (Wildman–Crippen MR) is 116 cm³/mol. The second-order valence-corrected chi connectivity index (χ2v) is 8.45. The van der Waals surface area contributed by atoms with E-state index in [1.54, 1.807) is 12.1 Å². The zero-order valence-electron chi connectivity index (χ0n) is 15.9. The molecule has 3 aliphatic heterocycles. The van der Waals surface area contributed by atoms with Crippen molar-refractivity contribution in [2.24, 2.45) is 5.73 Å². The number of carbonyl (C=O) groups is 2. The number of fused-ring (bicyclic) bond motifs is 3. The maximum Gasteiger partial charge on any atom is 0.321 e. The van der Waals surface area contributed by atoms with Gasteiger partial charge in [0.05, 0.1) is 27.2 Å². The van der Waals surface area contributed by atoms with Gasteiger partial charge in [-0.05, 0) is 30.7 Å². The first kappa shape index (κ1) is 18.4. The molecule has 0 aliphatic carbocycles. The first-order valence-corrected chi connectivity index (χ1v) is 10.3. The van der Waals surface area contributed by atoms with Gasteiger partial charge < -0.3 is 20.9 Å². The number of hydrogen-bond acceptors (Lipinski definition) is 6. The lowest BCUT2D eigenvalue weighted by Gasteiger charge is -2.56. The number of nitrogens with zero attached hydrogens (tertiary/aromatic N) is 4. The van der Waals surface area contributed by atoms with Gasteiger partial charge in [0, 0.05) is 24.3 Å². The Kier molecular flexibility index (Phi) is 4.29. The van der Waals surface area contributed by atoms with Crippen molar-refractivity contribution in [3.05, 3.63) is 47.1 Å². The van der Waals surface area contributed by atoms with Gasteiger partial charge in [-0.2, -0.15) is 0 Å². The maximum atomic E-state index is 12.7. The van der Waals surface area contributed by atoms with Crippen LogP contribution in [0.3, 0.4) is 0 Å². The number of terminal acetylenes is 1. The van der Waals surface area contributed by atoms with E-state index in [-0.39, 0.29) is 18.1 Å². The van der Waals surface area contributed by atoms with Crippen molar-refractivity contribution >= 4 is 45.0 Å². The van der Waals surface area contributed by atoms with Crippen LogP contribution in [0.25, 0.3) is 10.2 Å². The first-order valence-electron chi connectivity index (χ1n) is 9.49. The van der Waals surface area contributed by atoms with Crippen molar-refractivity contribution in [3.63, 3.8) is 0 Å². The van der Waals surface area contributed by atoms with Gasteiger partial charge >= 0.3 is 6.03 Å². The van der Waals surface area contributed by atoms with Crippen LogP contribution in [0.2, 0.25) is 0 Å². The number of nitrogens with one attached hydrogen (secondary N) is 1. The fourth-order valence-corrected chi connectivity index (χ4v) is 5.11. The van der Waals surface area contributed by atoms with E-state index in [1.165, 1.54) is 17.7 Å². The minimum absolute atomic E-state index is 0.140. The Labute approximate surface area is 176 Å². The van der Waals surface area contributed by atoms with E-state index in [1.807, 2.05) is 23.1 Å². The summed E-state index contributed by atoms with van der Waals surface area (Å²) < 4.78 is 0.852. The number of carbonyl (C=O) groups excluding carboxylic acids is 2. The summed E-state index contributed by atoms with van der Waals surface area (Å²) in [7, 11) is 0. The fraction of sp³-hybridized carbons (Fsp3) is 0.238. The van der Waals surface area contributed by atoms with Crippen LogP contribution in [0.1, 0.15) is 21.7 Å². The second-order valence-electron chi connectivity index (χ2n) is 7.40. The van der Waals surface area contributed by atoms with Crippen LogP contribution < -0.4 is 16.0 Å². The lowest BCUT2D eigenvalue weighted by atomic mass is 9.87. The van der Waals surface area contributed by atoms with Crippen molar-refractivity contribution in [2.75, 3.05) is 23.3 Å². The van der Waals surface area contributed by atoms with Crippen molar-refractivity contribution in [1.29, 1.82) is 0 Å². The molecule has 9 heteroatoms. The number of aromatic nitrogens is 2. The average Bonchev–Trinajstić information content (AvgIpc) is 3.20. The molecule has 3 fully saturated rings. The number of thiophene rings is 1. The van der Waals surface area contributed by atoms with Crippen molar-refractivity contribution in [1.82, 2.24) is 14.9 Å². The summed E-state index contributed by atoms with van der Waals surface area (Å²) in [5, 5.41) is 2.93. The van der Waals surface area contributed by atoms with E-state index in [4.69, 9.17) is 12.2 Å². The van der Waals surface area contributed by atoms with Gasteiger partial charge in [-0.25, -0.2) is 14.8 Å². The van der Waals surface area contributed by atoms with E-state index in [0.29, 0.717) is 29.2 Å². The molecule has 3 aliphatic rings. The molecule has 2 bridgehead atoms. The normalized spacial score (nSPS) is 19.8. The number of nitrogens with two attached hydrogens (primary N) is 1. The molecule has 0 spiro atoms. The Balaban J connectivity index is 1.33. The van der Waals surface area contributed by atoms with Crippen molar-refractivity contribution < 1.29 is 9.59 Å². The lowest BCUT2D eigenvalue weighted by molar-refractivity contribution is 0.100. The monoisotopic (exact) mass is 418 g/mol. The largest absolute Gasteiger partial charge is 0.365 e. The number of urea groups is 1. The van der Waals surface area contributed by atoms with Gasteiger partial charge in [-0.3, -0.25) is 4.79 Å². The maximum absolute atomic E-state index is 12.7. The van der Waals surface area contributed by atoms with Crippen molar-refractivity contribution in [3.8, 4) is 12.3 Å². The van der Waals surface area contributed by atoms with Gasteiger partial charge in [-0.1, -0.05) is 12.0 Å². The quantitative estimate of drug-likeness (QED) is 0.635. The number of benzene rings is 1. The molecule has 3 aromatic rings. The van der Waals surface area contributed by atoms with Gasteiger partial charge in [0.25, 0.3) is 5.91 Å². The molecule has 8 nitrogen and oxygen atoms in total. The molecule has 3 N–H and O–H groups in total. The highest BCUT2D eigenvalue weighted by Gasteiger charge is 2.47. The van der Waals surface area contributed by atoms with E-state index >= 15 is 0 Å². The third-order valence-corrected chi connectivity index (χ3v) is 6.68. The number of anilines is 2. The highest BCUT2D eigenvalue weighted by atomic mass is 32.1. The van der Waals surface area contributed by atoms with Crippen LogP contribution >= 0.6 is 11.3 Å². The van der Waals surface area contributed by atoms with E-state index in [9.17, 15) is 9.59 Å². The standard InChI is InChI=1S/C21H18N6O2S/c1-2-12-4-3-5-13(6-12)25-21(29)26-9-14-7-15(10-26)27(14)20-18-16(23-11-24-20)8-17(30-18)19(22)28/h1,3-6,8,11,14-15H,7,9-10H2,(H2,22,28)(H,25,29)/t14-,15+. The molecular weight excluding hydrogens is 400 g/mol. The molecule has 150 valence electrons. The Bertz CT molecular complexity index is 1200. The number of amides is 3. The molecule has 30 heavy (non-hydrogen) atoms. The highest BCUT2D eigenvalue weighted by molar-refractivity contribution is 7.21. The van der Waals surface area contributed by atoms with Crippen molar-refractivity contribution in [2.45, 2.75) is 18.5 Å². The predicted octanol–water partition coefficient (Wildman–Crippen LogP) is 2.27. The molecule has 0 unspecified atom stereocenters. The lowest BCUT2D eigenvalue weighted by Crippen LogP contribution is -2.70. The Hall–Kier alpha value is -3.64. The van der Waals surface area contributed by atoms with Crippen LogP contribution in [0.4, 0.5) is 16.3 Å².